The lowest BCUT2D eigenvalue weighted by Crippen LogP contribution is -2.56. The van der Waals surface area contributed by atoms with Crippen LogP contribution in [0.15, 0.2) is 11.6 Å². The summed E-state index contributed by atoms with van der Waals surface area (Å²) in [5.74, 6) is 1.72. The quantitative estimate of drug-likeness (QED) is 0.399. The Kier molecular flexibility index (Phi) is 3.53. The molecule has 6 atom stereocenters. The molecule has 25 heavy (non-hydrogen) atoms. The van der Waals surface area contributed by atoms with E-state index in [0.717, 1.165) is 32.1 Å². The molecule has 136 valence electrons. The molecule has 0 amide bonds. The molecule has 4 aliphatic carbocycles. The molecule has 3 fully saturated rings. The molecule has 0 aromatic carbocycles. The molecule has 0 radical (unpaired) electrons. The van der Waals surface area contributed by atoms with Gasteiger partial charge in [0.25, 0.3) is 5.78 Å². The van der Waals surface area contributed by atoms with Crippen LogP contribution in [0.2, 0.25) is 0 Å². The highest BCUT2D eigenvalue weighted by atomic mass is 16.3. The Bertz CT molecular complexity index is 717. The lowest BCUT2D eigenvalue weighted by molar-refractivity contribution is -0.148. The first-order chi connectivity index (χ1) is 11.7. The van der Waals surface area contributed by atoms with Gasteiger partial charge in [0, 0.05) is 5.41 Å². The van der Waals surface area contributed by atoms with E-state index in [4.69, 9.17) is 5.53 Å². The maximum Gasteiger partial charge on any atom is 0.385 e. The maximum absolute atomic E-state index is 12.8. The average molecular weight is 343 g/mol. The first kappa shape index (κ1) is 17.2. The topological polar surface area (TPSA) is 75.2 Å². The Balaban J connectivity index is 1.80. The van der Waals surface area contributed by atoms with Gasteiger partial charge in [-0.1, -0.05) is 25.5 Å². The van der Waals surface area contributed by atoms with E-state index in [2.05, 4.69) is 24.7 Å². The molecule has 4 aliphatic rings. The minimum absolute atomic E-state index is 0.0293. The molecule has 0 spiro atoms. The third-order valence-corrected chi connectivity index (χ3v) is 8.59. The molecule has 4 rings (SSSR count). The summed E-state index contributed by atoms with van der Waals surface area (Å²) in [6, 6.07) is 0. The van der Waals surface area contributed by atoms with Crippen molar-refractivity contribution < 1.29 is 14.7 Å². The van der Waals surface area contributed by atoms with Gasteiger partial charge in [-0.15, -0.1) is 0 Å². The normalized spacial score (nSPS) is 48.1. The largest absolute Gasteiger partial charge is 0.393 e. The number of allylic oxidation sites excluding steroid dienone is 2. The van der Waals surface area contributed by atoms with Crippen LogP contribution >= 0.6 is 0 Å². The van der Waals surface area contributed by atoms with Gasteiger partial charge in [-0.3, -0.25) is 4.79 Å². The van der Waals surface area contributed by atoms with Crippen molar-refractivity contribution >= 4 is 11.5 Å². The van der Waals surface area contributed by atoms with Crippen LogP contribution in [0.1, 0.15) is 66.2 Å². The number of hydrogen-bond acceptors (Lipinski definition) is 3. The number of aliphatic hydroxyl groups excluding tert-OH is 1. The van der Waals surface area contributed by atoms with E-state index in [1.165, 1.54) is 5.57 Å². The summed E-state index contributed by atoms with van der Waals surface area (Å²) >= 11 is 0. The Hall–Kier alpha value is -1.25. The number of Topliss-reactive ketones (excluding diaryl/α,β-unsaturated/α-hetero) is 1. The Morgan fingerprint density at radius 1 is 1.16 bits per heavy atom. The van der Waals surface area contributed by atoms with Crippen molar-refractivity contribution in [1.29, 1.82) is 5.53 Å². The van der Waals surface area contributed by atoms with E-state index in [1.54, 1.807) is 0 Å². The molecule has 0 aromatic rings. The Morgan fingerprint density at radius 3 is 2.56 bits per heavy atom. The summed E-state index contributed by atoms with van der Waals surface area (Å²) in [6.07, 6.45) is 8.07. The van der Waals surface area contributed by atoms with Crippen molar-refractivity contribution in [2.45, 2.75) is 72.3 Å². The fraction of sp³-hybridized carbons (Fsp3) is 0.810. The molecular weight excluding hydrogens is 312 g/mol. The zero-order valence-electron chi connectivity index (χ0n) is 15.9. The molecular formula is C21H31N2O2+. The van der Waals surface area contributed by atoms with Crippen molar-refractivity contribution in [3.05, 3.63) is 11.6 Å². The highest BCUT2D eigenvalue weighted by Gasteiger charge is 2.63. The molecule has 3 saturated carbocycles. The molecule has 4 nitrogen and oxygen atoms in total. The summed E-state index contributed by atoms with van der Waals surface area (Å²) in [5, 5.41) is 10.6. The van der Waals surface area contributed by atoms with Crippen molar-refractivity contribution in [2.75, 3.05) is 0 Å². The van der Waals surface area contributed by atoms with Crippen molar-refractivity contribution in [1.82, 2.24) is 0 Å². The number of carbonyl (C=O) groups is 1. The Labute approximate surface area is 150 Å². The fourth-order valence-corrected chi connectivity index (χ4v) is 7.26. The SMILES string of the molecule is CC1(C)C(=O)C(=[N+]=N)CC2(C)C1=CCC1C2CCC2(C)C(O)CCC12. The van der Waals surface area contributed by atoms with Crippen LogP contribution in [-0.2, 0) is 4.79 Å². The second-order valence-electron chi connectivity index (χ2n) is 9.97. The predicted octanol–water partition coefficient (Wildman–Crippen LogP) is 3.81. The number of hydrogen-bond donors (Lipinski definition) is 2. The molecule has 2 N–H and O–H groups in total. The number of nitrogens with one attached hydrogen (secondary N) is 1. The predicted molar refractivity (Wildman–Crippen MR) is 95.3 cm³/mol. The second-order valence-corrected chi connectivity index (χ2v) is 9.97. The third kappa shape index (κ3) is 2.01. The van der Waals surface area contributed by atoms with Crippen LogP contribution in [0.25, 0.3) is 0 Å². The standard InChI is InChI=1S/C21H31N2O2/c1-19(2)16-7-5-12-13-6-8-17(24)20(13,3)10-9-14(12)21(16,4)11-15(23-22)18(19)25/h7,12-14,17,22,24H,5-6,8-11H2,1-4H3/q+1. The van der Waals surface area contributed by atoms with Gasteiger partial charge >= 0.3 is 5.71 Å². The van der Waals surface area contributed by atoms with Crippen LogP contribution < -0.4 is 0 Å². The highest BCUT2D eigenvalue weighted by molar-refractivity contribution is 6.41. The molecule has 0 saturated heterocycles. The van der Waals surface area contributed by atoms with Crippen LogP contribution in [-0.4, -0.2) is 27.5 Å². The highest BCUT2D eigenvalue weighted by Crippen LogP contribution is 2.66. The zero-order valence-corrected chi connectivity index (χ0v) is 15.9. The van der Waals surface area contributed by atoms with Gasteiger partial charge in [-0.05, 0) is 69.1 Å². The summed E-state index contributed by atoms with van der Waals surface area (Å²) in [6.45, 7) is 8.62. The molecule has 0 heterocycles. The molecule has 0 aromatic heterocycles. The molecule has 0 aliphatic heterocycles. The van der Waals surface area contributed by atoms with Gasteiger partial charge in [0.2, 0.25) is 0 Å². The summed E-state index contributed by atoms with van der Waals surface area (Å²) in [7, 11) is 0. The lowest BCUT2D eigenvalue weighted by Gasteiger charge is -2.58. The smallest absolute Gasteiger partial charge is 0.385 e. The van der Waals surface area contributed by atoms with E-state index >= 15 is 0 Å². The van der Waals surface area contributed by atoms with E-state index in [-0.39, 0.29) is 22.7 Å². The van der Waals surface area contributed by atoms with E-state index < -0.39 is 5.41 Å². The second kappa shape index (κ2) is 5.14. The number of carbonyl (C=O) groups excluding carboxylic acids is 1. The molecule has 6 unspecified atom stereocenters. The third-order valence-electron chi connectivity index (χ3n) is 8.59. The molecule has 0 bridgehead atoms. The van der Waals surface area contributed by atoms with Crippen LogP contribution in [0.5, 0.6) is 0 Å². The maximum atomic E-state index is 12.8. The average Bonchev–Trinajstić information content (AvgIpc) is 2.86. The summed E-state index contributed by atoms with van der Waals surface area (Å²) in [4.78, 5) is 16.4. The van der Waals surface area contributed by atoms with Gasteiger partial charge in [0.1, 0.15) is 0 Å². The van der Waals surface area contributed by atoms with Gasteiger partial charge in [-0.25, -0.2) is 0 Å². The van der Waals surface area contributed by atoms with Gasteiger partial charge in [0.15, 0.2) is 0 Å². The van der Waals surface area contributed by atoms with E-state index in [0.29, 0.717) is 29.9 Å². The fourth-order valence-electron chi connectivity index (χ4n) is 7.26. The van der Waals surface area contributed by atoms with E-state index in [1.807, 2.05) is 13.8 Å². The van der Waals surface area contributed by atoms with Crippen molar-refractivity contribution in [3.63, 3.8) is 0 Å². The zero-order chi connectivity index (χ0) is 18.2. The lowest BCUT2D eigenvalue weighted by atomic mass is 9.45. The van der Waals surface area contributed by atoms with Gasteiger partial charge in [-0.2, -0.15) is 0 Å². The number of ketones is 1. The van der Waals surface area contributed by atoms with Crippen LogP contribution in [0.4, 0.5) is 0 Å². The van der Waals surface area contributed by atoms with Crippen LogP contribution in [0, 0.1) is 39.5 Å². The minimum atomic E-state index is -0.548. The van der Waals surface area contributed by atoms with Crippen molar-refractivity contribution in [3.8, 4) is 0 Å². The van der Waals surface area contributed by atoms with E-state index in [9.17, 15) is 9.90 Å². The number of nitrogens with zero attached hydrogens (tertiary/aromatic N) is 1. The Morgan fingerprint density at radius 2 is 1.88 bits per heavy atom. The van der Waals surface area contributed by atoms with Crippen LogP contribution in [0.3, 0.4) is 0 Å². The number of aliphatic hydroxyl groups is 1. The van der Waals surface area contributed by atoms with Gasteiger partial charge < -0.3 is 5.11 Å². The number of rotatable bonds is 0. The van der Waals surface area contributed by atoms with Gasteiger partial charge in [0.05, 0.1) is 28.3 Å². The minimum Gasteiger partial charge on any atom is -0.393 e. The first-order valence-electron chi connectivity index (χ1n) is 9.83. The molecule has 4 heteroatoms. The monoisotopic (exact) mass is 343 g/mol. The summed E-state index contributed by atoms with van der Waals surface area (Å²) < 4.78 is 0. The van der Waals surface area contributed by atoms with Crippen molar-refractivity contribution in [2.24, 2.45) is 34.0 Å². The summed E-state index contributed by atoms with van der Waals surface area (Å²) in [5.41, 5.74) is 8.69. The number of fused-ring (bicyclic) bond motifs is 5. The first-order valence-corrected chi connectivity index (χ1v) is 9.83.